The van der Waals surface area contributed by atoms with Gasteiger partial charge in [0.1, 0.15) is 10.0 Å². The van der Waals surface area contributed by atoms with Crippen LogP contribution in [-0.2, 0) is 29.5 Å². The number of aromatic nitrogens is 1. The van der Waals surface area contributed by atoms with Gasteiger partial charge in [0.2, 0.25) is 0 Å². The van der Waals surface area contributed by atoms with Gasteiger partial charge in [0.15, 0.2) is 0 Å². The summed E-state index contributed by atoms with van der Waals surface area (Å²) in [5, 5.41) is 5.14. The number of thiophene rings is 1. The molecule has 0 radical (unpaired) electrons. The summed E-state index contributed by atoms with van der Waals surface area (Å²) < 4.78 is 30.0. The number of benzene rings is 4. The second-order valence-corrected chi connectivity index (χ2v) is 15.0. The molecule has 0 saturated carbocycles. The van der Waals surface area contributed by atoms with Crippen molar-refractivity contribution in [3.63, 3.8) is 0 Å². The molecule has 0 aliphatic carbocycles. The zero-order chi connectivity index (χ0) is 31.0. The average Bonchev–Trinajstić information content (AvgIpc) is 3.62. The number of nitrogens with one attached hydrogen (secondary N) is 2. The van der Waals surface area contributed by atoms with Crippen molar-refractivity contribution in [2.24, 2.45) is 0 Å². The molecule has 2 aromatic heterocycles. The molecule has 2 N–H and O–H groups in total. The molecule has 4 aromatic carbocycles. The van der Waals surface area contributed by atoms with Gasteiger partial charge >= 0.3 is 0 Å². The van der Waals surface area contributed by atoms with Gasteiger partial charge < -0.3 is 5.32 Å². The second kappa shape index (κ2) is 13.5. The van der Waals surface area contributed by atoms with Crippen LogP contribution in [0.3, 0.4) is 0 Å². The molecule has 0 unspecified atom stereocenters. The van der Waals surface area contributed by atoms with Crippen LogP contribution in [-0.4, -0.2) is 30.8 Å². The summed E-state index contributed by atoms with van der Waals surface area (Å²) >= 11 is 9.12. The van der Waals surface area contributed by atoms with Crippen molar-refractivity contribution in [1.82, 2.24) is 9.88 Å². The van der Waals surface area contributed by atoms with Crippen molar-refractivity contribution >= 4 is 83.5 Å². The van der Waals surface area contributed by atoms with Crippen LogP contribution in [0.1, 0.15) is 26.4 Å². The number of thiazole rings is 1. The standard InChI is InChI=1S/C34H27ClN4O3S3.ClH/c35-23-14-16-24(17-15-23)45(41,42)38-27-11-5-4-10-25(27)32(40)37-34-31(33-36-28-12-6-7-13-29(28)43-33)26-18-19-39(21-30(26)44-34)20-22-8-2-1-3-9-22;/h1-17,38H,18-21H2,(H,37,40);1H. The third kappa shape index (κ3) is 6.69. The number of carbonyl (C=O) groups is 1. The summed E-state index contributed by atoms with van der Waals surface area (Å²) in [7, 11) is -3.96. The lowest BCUT2D eigenvalue weighted by atomic mass is 10.0. The Labute approximate surface area is 286 Å². The number of sulfonamides is 1. The van der Waals surface area contributed by atoms with E-state index in [0.717, 1.165) is 46.8 Å². The minimum Gasteiger partial charge on any atom is -0.313 e. The molecule has 1 aliphatic rings. The Morgan fingerprint density at radius 2 is 1.61 bits per heavy atom. The third-order valence-corrected chi connectivity index (χ3v) is 11.5. The van der Waals surface area contributed by atoms with Gasteiger partial charge in [-0.1, -0.05) is 66.2 Å². The molecular formula is C34H28Cl2N4O3S3. The molecule has 12 heteroatoms. The van der Waals surface area contributed by atoms with Gasteiger partial charge in [-0.2, -0.15) is 0 Å². The van der Waals surface area contributed by atoms with E-state index in [9.17, 15) is 13.2 Å². The molecule has 0 bridgehead atoms. The first kappa shape index (κ1) is 32.2. The lowest BCUT2D eigenvalue weighted by Gasteiger charge is -2.27. The molecule has 0 saturated heterocycles. The predicted molar refractivity (Wildman–Crippen MR) is 191 cm³/mol. The quantitative estimate of drug-likeness (QED) is 0.165. The zero-order valence-electron chi connectivity index (χ0n) is 24.3. The first-order valence-electron chi connectivity index (χ1n) is 14.3. The first-order valence-corrected chi connectivity index (χ1v) is 17.8. The molecule has 0 fully saturated rings. The Bertz CT molecular complexity index is 2100. The van der Waals surface area contributed by atoms with Crippen molar-refractivity contribution < 1.29 is 13.2 Å². The van der Waals surface area contributed by atoms with Gasteiger partial charge in [0.05, 0.1) is 26.4 Å². The summed E-state index contributed by atoms with van der Waals surface area (Å²) in [5.41, 5.74) is 4.72. The van der Waals surface area contributed by atoms with Crippen LogP contribution in [0.25, 0.3) is 20.8 Å². The fourth-order valence-electron chi connectivity index (χ4n) is 5.48. The normalized spacial score (nSPS) is 13.2. The van der Waals surface area contributed by atoms with Crippen LogP contribution in [0.15, 0.2) is 108 Å². The molecule has 234 valence electrons. The maximum Gasteiger partial charge on any atom is 0.261 e. The summed E-state index contributed by atoms with van der Waals surface area (Å²) in [6, 6.07) is 30.9. The summed E-state index contributed by atoms with van der Waals surface area (Å²) in [5.74, 6) is -0.411. The van der Waals surface area contributed by atoms with Gasteiger partial charge in [-0.3, -0.25) is 14.4 Å². The van der Waals surface area contributed by atoms with E-state index >= 15 is 0 Å². The highest BCUT2D eigenvalue weighted by atomic mass is 35.5. The van der Waals surface area contributed by atoms with Crippen LogP contribution >= 0.6 is 46.7 Å². The van der Waals surface area contributed by atoms with E-state index in [1.165, 1.54) is 40.3 Å². The van der Waals surface area contributed by atoms with Gasteiger partial charge in [-0.05, 0) is 66.1 Å². The maximum atomic E-state index is 13.9. The predicted octanol–water partition coefficient (Wildman–Crippen LogP) is 8.71. The minimum atomic E-state index is -3.96. The van der Waals surface area contributed by atoms with Gasteiger partial charge in [-0.15, -0.1) is 35.1 Å². The van der Waals surface area contributed by atoms with Gasteiger partial charge in [0.25, 0.3) is 15.9 Å². The second-order valence-electron chi connectivity index (χ2n) is 10.7. The number of hydrogen-bond donors (Lipinski definition) is 2. The maximum absolute atomic E-state index is 13.9. The Hall–Kier alpha value is -3.77. The zero-order valence-corrected chi connectivity index (χ0v) is 28.3. The van der Waals surface area contributed by atoms with Gasteiger partial charge in [0, 0.05) is 35.1 Å². The molecule has 7 rings (SSSR count). The highest BCUT2D eigenvalue weighted by molar-refractivity contribution is 7.92. The summed E-state index contributed by atoms with van der Waals surface area (Å²) in [6.07, 6.45) is 0.831. The van der Waals surface area contributed by atoms with Crippen molar-refractivity contribution in [2.75, 3.05) is 16.6 Å². The Morgan fingerprint density at radius 3 is 2.39 bits per heavy atom. The minimum absolute atomic E-state index is 0. The topological polar surface area (TPSA) is 91.4 Å². The third-order valence-electron chi connectivity index (χ3n) is 7.66. The smallest absolute Gasteiger partial charge is 0.261 e. The fourth-order valence-corrected chi connectivity index (χ4v) is 9.09. The van der Waals surface area contributed by atoms with E-state index in [1.54, 1.807) is 46.9 Å². The first-order chi connectivity index (χ1) is 21.8. The van der Waals surface area contributed by atoms with E-state index < -0.39 is 15.9 Å². The highest BCUT2D eigenvalue weighted by Crippen LogP contribution is 2.46. The Balaban J connectivity index is 0.00000372. The average molecular weight is 708 g/mol. The molecule has 1 aliphatic heterocycles. The van der Waals surface area contributed by atoms with E-state index in [2.05, 4.69) is 45.3 Å². The molecule has 0 atom stereocenters. The Morgan fingerprint density at radius 1 is 0.891 bits per heavy atom. The highest BCUT2D eigenvalue weighted by Gasteiger charge is 2.29. The number of rotatable bonds is 8. The largest absolute Gasteiger partial charge is 0.313 e. The number of nitrogens with zero attached hydrogens (tertiary/aromatic N) is 2. The van der Waals surface area contributed by atoms with Crippen molar-refractivity contribution in [2.45, 2.75) is 24.4 Å². The molecule has 3 heterocycles. The fraction of sp³-hybridized carbons (Fsp3) is 0.118. The van der Waals surface area contributed by atoms with Crippen molar-refractivity contribution in [3.05, 3.63) is 130 Å². The number of hydrogen-bond acceptors (Lipinski definition) is 7. The van der Waals surface area contributed by atoms with Crippen LogP contribution in [0, 0.1) is 0 Å². The lowest BCUT2D eigenvalue weighted by Crippen LogP contribution is -2.29. The number of fused-ring (bicyclic) bond motifs is 2. The monoisotopic (exact) mass is 706 g/mol. The van der Waals surface area contributed by atoms with E-state index in [-0.39, 0.29) is 28.6 Å². The molecular weight excluding hydrogens is 680 g/mol. The number of halogens is 2. The SMILES string of the molecule is Cl.O=C(Nc1sc2c(c1-c1nc3ccccc3s1)CCN(Cc1ccccc1)C2)c1ccccc1NS(=O)(=O)c1ccc(Cl)cc1. The molecule has 1 amide bonds. The van der Waals surface area contributed by atoms with Crippen LogP contribution < -0.4 is 10.0 Å². The number of para-hydroxylation sites is 2. The molecule has 0 spiro atoms. The van der Waals surface area contributed by atoms with Crippen LogP contribution in [0.4, 0.5) is 10.7 Å². The lowest BCUT2D eigenvalue weighted by molar-refractivity contribution is 0.102. The number of amides is 1. The Kier molecular flexibility index (Phi) is 9.47. The molecule has 6 aromatic rings. The summed E-state index contributed by atoms with van der Waals surface area (Å²) in [6.45, 7) is 2.50. The van der Waals surface area contributed by atoms with Gasteiger partial charge in [-0.25, -0.2) is 13.4 Å². The molecule has 7 nitrogen and oxygen atoms in total. The van der Waals surface area contributed by atoms with E-state index in [1.807, 2.05) is 24.3 Å². The van der Waals surface area contributed by atoms with Crippen molar-refractivity contribution in [3.8, 4) is 10.6 Å². The van der Waals surface area contributed by atoms with E-state index in [0.29, 0.717) is 10.0 Å². The summed E-state index contributed by atoms with van der Waals surface area (Å²) in [4.78, 5) is 22.5. The van der Waals surface area contributed by atoms with E-state index in [4.69, 9.17) is 16.6 Å². The van der Waals surface area contributed by atoms with Crippen LogP contribution in [0.5, 0.6) is 0 Å². The number of anilines is 2. The van der Waals surface area contributed by atoms with Crippen molar-refractivity contribution in [1.29, 1.82) is 0 Å². The molecule has 46 heavy (non-hydrogen) atoms. The number of carbonyl (C=O) groups excluding carboxylic acids is 1. The van der Waals surface area contributed by atoms with Crippen LogP contribution in [0.2, 0.25) is 5.02 Å².